The number of nitrogens with zero attached hydrogens (tertiary/aromatic N) is 2. The normalized spacial score (nSPS) is 10.3. The van der Waals surface area contributed by atoms with Gasteiger partial charge in [-0.25, -0.2) is 4.98 Å². The number of ether oxygens (including phenoxy) is 1. The maximum atomic E-state index is 5.61. The van der Waals surface area contributed by atoms with Crippen LogP contribution in [0, 0.1) is 0 Å². The van der Waals surface area contributed by atoms with Crippen molar-refractivity contribution in [2.75, 3.05) is 11.9 Å². The second-order valence-electron chi connectivity index (χ2n) is 4.33. The Balaban J connectivity index is 1.82. The summed E-state index contributed by atoms with van der Waals surface area (Å²) in [5.74, 6) is 0.834. The van der Waals surface area contributed by atoms with Crippen molar-refractivity contribution >= 4 is 22.2 Å². The van der Waals surface area contributed by atoms with E-state index in [2.05, 4.69) is 15.3 Å². The van der Waals surface area contributed by atoms with Gasteiger partial charge in [-0.15, -0.1) is 11.3 Å². The van der Waals surface area contributed by atoms with Gasteiger partial charge in [-0.05, 0) is 31.2 Å². The molecule has 0 unspecified atom stereocenters. The van der Waals surface area contributed by atoms with E-state index in [1.54, 1.807) is 23.7 Å². The highest BCUT2D eigenvalue weighted by atomic mass is 32.1. The standard InChI is InChI=1S/C16H15N3OS/c1-2-20-15-6-4-3-5-13(15)18-16-19-14(11-21-16)12-7-9-17-10-8-12/h3-11H,2H2,1H3,(H,18,19). The minimum absolute atomic E-state index is 0.638. The molecule has 0 saturated heterocycles. The van der Waals surface area contributed by atoms with Crippen molar-refractivity contribution in [2.45, 2.75) is 6.92 Å². The summed E-state index contributed by atoms with van der Waals surface area (Å²) >= 11 is 1.57. The Labute approximate surface area is 127 Å². The van der Waals surface area contributed by atoms with Crippen molar-refractivity contribution in [1.29, 1.82) is 0 Å². The molecule has 0 amide bonds. The Morgan fingerprint density at radius 2 is 1.95 bits per heavy atom. The number of para-hydroxylation sites is 2. The van der Waals surface area contributed by atoms with Crippen LogP contribution < -0.4 is 10.1 Å². The van der Waals surface area contributed by atoms with Gasteiger partial charge in [-0.1, -0.05) is 12.1 Å². The molecule has 5 heteroatoms. The van der Waals surface area contributed by atoms with E-state index in [0.717, 1.165) is 27.8 Å². The van der Waals surface area contributed by atoms with E-state index < -0.39 is 0 Å². The van der Waals surface area contributed by atoms with Crippen molar-refractivity contribution in [3.63, 3.8) is 0 Å². The fourth-order valence-corrected chi connectivity index (χ4v) is 2.68. The minimum Gasteiger partial charge on any atom is -0.492 e. The molecular formula is C16H15N3OS. The van der Waals surface area contributed by atoms with E-state index in [-0.39, 0.29) is 0 Å². The van der Waals surface area contributed by atoms with Crippen LogP contribution in [0.5, 0.6) is 5.75 Å². The van der Waals surface area contributed by atoms with Gasteiger partial charge in [0, 0.05) is 23.3 Å². The molecule has 0 atom stereocenters. The smallest absolute Gasteiger partial charge is 0.187 e. The molecule has 0 saturated carbocycles. The molecule has 3 rings (SSSR count). The zero-order valence-corrected chi connectivity index (χ0v) is 12.4. The van der Waals surface area contributed by atoms with Gasteiger partial charge in [0.05, 0.1) is 18.0 Å². The second kappa shape index (κ2) is 6.37. The van der Waals surface area contributed by atoms with Gasteiger partial charge in [0.1, 0.15) is 5.75 Å². The van der Waals surface area contributed by atoms with Crippen molar-refractivity contribution in [3.05, 3.63) is 54.2 Å². The molecule has 2 aromatic heterocycles. The fraction of sp³-hybridized carbons (Fsp3) is 0.125. The topological polar surface area (TPSA) is 47.0 Å². The first kappa shape index (κ1) is 13.6. The van der Waals surface area contributed by atoms with E-state index >= 15 is 0 Å². The van der Waals surface area contributed by atoms with Crippen LogP contribution in [0.25, 0.3) is 11.3 Å². The van der Waals surface area contributed by atoms with Crippen LogP contribution >= 0.6 is 11.3 Å². The number of thiazole rings is 1. The summed E-state index contributed by atoms with van der Waals surface area (Å²) in [4.78, 5) is 8.62. The SMILES string of the molecule is CCOc1ccccc1Nc1nc(-c2ccncc2)cs1. The predicted molar refractivity (Wildman–Crippen MR) is 86.2 cm³/mol. The first-order valence-corrected chi connectivity index (χ1v) is 7.59. The molecule has 0 bridgehead atoms. The lowest BCUT2D eigenvalue weighted by Gasteiger charge is -2.09. The van der Waals surface area contributed by atoms with Crippen LogP contribution in [0.4, 0.5) is 10.8 Å². The number of pyridine rings is 1. The van der Waals surface area contributed by atoms with Crippen molar-refractivity contribution in [2.24, 2.45) is 0 Å². The monoisotopic (exact) mass is 297 g/mol. The van der Waals surface area contributed by atoms with Crippen LogP contribution in [0.2, 0.25) is 0 Å². The Morgan fingerprint density at radius 3 is 2.76 bits per heavy atom. The van der Waals surface area contributed by atoms with Gasteiger partial charge in [0.25, 0.3) is 0 Å². The Bertz CT molecular complexity index is 712. The maximum Gasteiger partial charge on any atom is 0.187 e. The first-order chi connectivity index (χ1) is 10.4. The van der Waals surface area contributed by atoms with Crippen LogP contribution in [0.3, 0.4) is 0 Å². The van der Waals surface area contributed by atoms with E-state index in [9.17, 15) is 0 Å². The molecular weight excluding hydrogens is 282 g/mol. The molecule has 0 radical (unpaired) electrons. The van der Waals surface area contributed by atoms with Gasteiger partial charge in [0.15, 0.2) is 5.13 Å². The van der Waals surface area contributed by atoms with Crippen LogP contribution in [-0.2, 0) is 0 Å². The van der Waals surface area contributed by atoms with Crippen molar-refractivity contribution in [3.8, 4) is 17.0 Å². The minimum atomic E-state index is 0.638. The number of anilines is 2. The molecule has 3 aromatic rings. The van der Waals surface area contributed by atoms with Crippen molar-refractivity contribution in [1.82, 2.24) is 9.97 Å². The third-order valence-corrected chi connectivity index (χ3v) is 3.67. The van der Waals surface area contributed by atoms with Crippen molar-refractivity contribution < 1.29 is 4.74 Å². The van der Waals surface area contributed by atoms with Crippen LogP contribution in [-0.4, -0.2) is 16.6 Å². The quantitative estimate of drug-likeness (QED) is 0.760. The number of hydrogen-bond donors (Lipinski definition) is 1. The lowest BCUT2D eigenvalue weighted by Crippen LogP contribution is -1.97. The summed E-state index contributed by atoms with van der Waals surface area (Å²) in [5.41, 5.74) is 2.93. The van der Waals surface area contributed by atoms with Gasteiger partial charge in [0.2, 0.25) is 0 Å². The molecule has 0 fully saturated rings. The first-order valence-electron chi connectivity index (χ1n) is 6.71. The maximum absolute atomic E-state index is 5.61. The summed E-state index contributed by atoms with van der Waals surface area (Å²) in [6, 6.07) is 11.8. The molecule has 1 aromatic carbocycles. The molecule has 106 valence electrons. The Kier molecular flexibility index (Phi) is 4.12. The summed E-state index contributed by atoms with van der Waals surface area (Å²) in [5, 5.41) is 6.18. The second-order valence-corrected chi connectivity index (χ2v) is 5.19. The van der Waals surface area contributed by atoms with Crippen LogP contribution in [0.1, 0.15) is 6.92 Å². The zero-order chi connectivity index (χ0) is 14.5. The van der Waals surface area contributed by atoms with Gasteiger partial charge in [-0.3, -0.25) is 4.98 Å². The average Bonchev–Trinajstić information content (AvgIpc) is 2.99. The lowest BCUT2D eigenvalue weighted by molar-refractivity contribution is 0.342. The average molecular weight is 297 g/mol. The van der Waals surface area contributed by atoms with Crippen LogP contribution in [0.15, 0.2) is 54.2 Å². The van der Waals surface area contributed by atoms with Gasteiger partial charge in [-0.2, -0.15) is 0 Å². The molecule has 2 heterocycles. The number of rotatable bonds is 5. The molecule has 4 nitrogen and oxygen atoms in total. The fourth-order valence-electron chi connectivity index (χ4n) is 1.95. The Hall–Kier alpha value is -2.40. The van der Waals surface area contributed by atoms with Gasteiger partial charge >= 0.3 is 0 Å². The number of hydrogen-bond acceptors (Lipinski definition) is 5. The molecule has 0 aliphatic rings. The third-order valence-electron chi connectivity index (χ3n) is 2.91. The highest BCUT2D eigenvalue weighted by molar-refractivity contribution is 7.14. The van der Waals surface area contributed by atoms with E-state index in [4.69, 9.17) is 4.74 Å². The third kappa shape index (κ3) is 3.20. The summed E-state index contributed by atoms with van der Waals surface area (Å²) in [7, 11) is 0. The molecule has 21 heavy (non-hydrogen) atoms. The van der Waals surface area contributed by atoms with Gasteiger partial charge < -0.3 is 10.1 Å². The van der Waals surface area contributed by atoms with E-state index in [1.807, 2.05) is 48.7 Å². The lowest BCUT2D eigenvalue weighted by atomic mass is 10.2. The molecule has 0 spiro atoms. The molecule has 0 aliphatic carbocycles. The summed E-state index contributed by atoms with van der Waals surface area (Å²) < 4.78 is 5.61. The summed E-state index contributed by atoms with van der Waals surface area (Å²) in [6.45, 7) is 2.61. The predicted octanol–water partition coefficient (Wildman–Crippen LogP) is 4.35. The number of aromatic nitrogens is 2. The number of nitrogens with one attached hydrogen (secondary N) is 1. The molecule has 0 aliphatic heterocycles. The highest BCUT2D eigenvalue weighted by Crippen LogP contribution is 2.31. The highest BCUT2D eigenvalue weighted by Gasteiger charge is 2.07. The number of benzene rings is 1. The zero-order valence-electron chi connectivity index (χ0n) is 11.6. The summed E-state index contributed by atoms with van der Waals surface area (Å²) in [6.07, 6.45) is 3.54. The van der Waals surface area contributed by atoms with E-state index in [0.29, 0.717) is 6.61 Å². The Morgan fingerprint density at radius 1 is 1.14 bits per heavy atom. The largest absolute Gasteiger partial charge is 0.492 e. The molecule has 1 N–H and O–H groups in total. The van der Waals surface area contributed by atoms with E-state index in [1.165, 1.54) is 0 Å².